The van der Waals surface area contributed by atoms with Crippen molar-refractivity contribution in [2.45, 2.75) is 6.42 Å². The molecule has 0 amide bonds. The van der Waals surface area contributed by atoms with Crippen molar-refractivity contribution >= 4 is 5.97 Å². The predicted octanol–water partition coefficient (Wildman–Crippen LogP) is -0.0735. The lowest BCUT2D eigenvalue weighted by molar-refractivity contribution is -0.139. The van der Waals surface area contributed by atoms with E-state index in [9.17, 15) is 4.79 Å². The molecule has 0 aromatic carbocycles. The molecule has 56 valence electrons. The molecule has 10 heavy (non-hydrogen) atoms. The van der Waals surface area contributed by atoms with Crippen LogP contribution in [0.3, 0.4) is 0 Å². The number of carbonyl (C=O) groups is 1. The van der Waals surface area contributed by atoms with E-state index < -0.39 is 5.97 Å². The van der Waals surface area contributed by atoms with Crippen molar-refractivity contribution in [3.63, 3.8) is 0 Å². The third kappa shape index (κ3) is 0.736. The van der Waals surface area contributed by atoms with Crippen molar-refractivity contribution in [3.05, 3.63) is 0 Å². The number of carboxylic acid groups (broad SMARTS) is 1. The zero-order valence-electron chi connectivity index (χ0n) is 5.71. The van der Waals surface area contributed by atoms with E-state index in [1.807, 2.05) is 0 Å². The van der Waals surface area contributed by atoms with Gasteiger partial charge in [-0.2, -0.15) is 0 Å². The highest BCUT2D eigenvalue weighted by atomic mass is 16.4. The van der Waals surface area contributed by atoms with Crippen LogP contribution in [0.5, 0.6) is 0 Å². The summed E-state index contributed by atoms with van der Waals surface area (Å²) in [4.78, 5) is 10.5. The first-order chi connectivity index (χ1) is 4.80. The summed E-state index contributed by atoms with van der Waals surface area (Å²) in [7, 11) is 0. The van der Waals surface area contributed by atoms with Gasteiger partial charge in [-0.25, -0.2) is 0 Å². The van der Waals surface area contributed by atoms with Crippen molar-refractivity contribution in [3.8, 4) is 0 Å². The number of carboxylic acids is 1. The average molecular weight is 141 g/mol. The molecule has 0 aromatic heterocycles. The largest absolute Gasteiger partial charge is 0.481 e. The minimum atomic E-state index is -0.598. The maximum atomic E-state index is 10.5. The van der Waals surface area contributed by atoms with Crippen LogP contribution in [0.25, 0.3) is 0 Å². The van der Waals surface area contributed by atoms with Crippen LogP contribution in [0.4, 0.5) is 0 Å². The SMILES string of the molecule is O=C(O)C1[C@H]2CNCC[C@@H]12. The predicted molar refractivity (Wildman–Crippen MR) is 35.6 cm³/mol. The van der Waals surface area contributed by atoms with E-state index in [0.717, 1.165) is 19.5 Å². The van der Waals surface area contributed by atoms with Gasteiger partial charge in [-0.15, -0.1) is 0 Å². The van der Waals surface area contributed by atoms with Gasteiger partial charge in [0.05, 0.1) is 5.92 Å². The molecule has 0 aromatic rings. The lowest BCUT2D eigenvalue weighted by Crippen LogP contribution is -2.23. The Morgan fingerprint density at radius 1 is 1.50 bits per heavy atom. The monoisotopic (exact) mass is 141 g/mol. The van der Waals surface area contributed by atoms with Gasteiger partial charge in [-0.1, -0.05) is 0 Å². The number of nitrogens with one attached hydrogen (secondary N) is 1. The fourth-order valence-electron chi connectivity index (χ4n) is 2.02. The first-order valence-corrected chi connectivity index (χ1v) is 3.74. The van der Waals surface area contributed by atoms with E-state index in [-0.39, 0.29) is 5.92 Å². The summed E-state index contributed by atoms with van der Waals surface area (Å²) >= 11 is 0. The Balaban J connectivity index is 1.99. The first-order valence-electron chi connectivity index (χ1n) is 3.74. The van der Waals surface area contributed by atoms with E-state index in [1.165, 1.54) is 0 Å². The van der Waals surface area contributed by atoms with Crippen LogP contribution in [0.1, 0.15) is 6.42 Å². The molecule has 1 unspecified atom stereocenters. The van der Waals surface area contributed by atoms with Gasteiger partial charge in [0.25, 0.3) is 0 Å². The molecule has 0 bridgehead atoms. The topological polar surface area (TPSA) is 49.3 Å². The molecule has 2 N–H and O–H groups in total. The average Bonchev–Trinajstić information content (AvgIpc) is 2.60. The molecule has 1 saturated carbocycles. The van der Waals surface area contributed by atoms with Gasteiger partial charge in [-0.05, 0) is 31.3 Å². The molecule has 0 radical (unpaired) electrons. The molecular weight excluding hydrogens is 130 g/mol. The Morgan fingerprint density at radius 3 is 2.80 bits per heavy atom. The van der Waals surface area contributed by atoms with Crippen LogP contribution in [0.15, 0.2) is 0 Å². The fraction of sp³-hybridized carbons (Fsp3) is 0.857. The smallest absolute Gasteiger partial charge is 0.307 e. The molecule has 3 nitrogen and oxygen atoms in total. The van der Waals surface area contributed by atoms with Gasteiger partial charge in [0.15, 0.2) is 0 Å². The maximum absolute atomic E-state index is 10.5. The van der Waals surface area contributed by atoms with Crippen LogP contribution in [-0.2, 0) is 4.79 Å². The molecule has 1 saturated heterocycles. The van der Waals surface area contributed by atoms with E-state index in [1.54, 1.807) is 0 Å². The molecule has 2 rings (SSSR count). The van der Waals surface area contributed by atoms with Crippen LogP contribution in [0, 0.1) is 17.8 Å². The quantitative estimate of drug-likeness (QED) is 0.537. The normalized spacial score (nSPS) is 44.2. The third-order valence-electron chi connectivity index (χ3n) is 2.65. The van der Waals surface area contributed by atoms with Gasteiger partial charge in [0.1, 0.15) is 0 Å². The molecule has 1 heterocycles. The summed E-state index contributed by atoms with van der Waals surface area (Å²) < 4.78 is 0. The second-order valence-electron chi connectivity index (χ2n) is 3.18. The number of aliphatic carboxylic acids is 1. The zero-order valence-corrected chi connectivity index (χ0v) is 5.71. The van der Waals surface area contributed by atoms with Crippen LogP contribution >= 0.6 is 0 Å². The van der Waals surface area contributed by atoms with E-state index in [2.05, 4.69) is 5.32 Å². The Hall–Kier alpha value is -0.570. The van der Waals surface area contributed by atoms with Gasteiger partial charge in [0.2, 0.25) is 0 Å². The standard InChI is InChI=1S/C7H11NO2/c9-7(10)6-4-1-2-8-3-5(4)6/h4-6,8H,1-3H2,(H,9,10)/t4-,5+,6?/m1/s1. The van der Waals surface area contributed by atoms with Gasteiger partial charge >= 0.3 is 5.97 Å². The summed E-state index contributed by atoms with van der Waals surface area (Å²) in [5.41, 5.74) is 0. The van der Waals surface area contributed by atoms with Crippen molar-refractivity contribution in [2.75, 3.05) is 13.1 Å². The third-order valence-corrected chi connectivity index (χ3v) is 2.65. The minimum Gasteiger partial charge on any atom is -0.481 e. The second kappa shape index (κ2) is 1.95. The Labute approximate surface area is 59.4 Å². The van der Waals surface area contributed by atoms with Gasteiger partial charge < -0.3 is 10.4 Å². The summed E-state index contributed by atoms with van der Waals surface area (Å²) in [5.74, 6) is 0.332. The fourth-order valence-corrected chi connectivity index (χ4v) is 2.02. The second-order valence-corrected chi connectivity index (χ2v) is 3.18. The molecule has 1 aliphatic heterocycles. The maximum Gasteiger partial charge on any atom is 0.307 e. The Kier molecular flexibility index (Phi) is 1.20. The van der Waals surface area contributed by atoms with Crippen LogP contribution < -0.4 is 5.32 Å². The van der Waals surface area contributed by atoms with Crippen LogP contribution in [-0.4, -0.2) is 24.2 Å². The lowest BCUT2D eigenvalue weighted by Gasteiger charge is -2.07. The van der Waals surface area contributed by atoms with E-state index in [4.69, 9.17) is 5.11 Å². The molecule has 3 atom stereocenters. The number of hydrogen-bond acceptors (Lipinski definition) is 2. The molecule has 2 fully saturated rings. The van der Waals surface area contributed by atoms with Gasteiger partial charge in [0, 0.05) is 0 Å². The molecular formula is C7H11NO2. The molecule has 2 aliphatic rings. The number of hydrogen-bond donors (Lipinski definition) is 2. The number of piperidine rings is 1. The highest BCUT2D eigenvalue weighted by molar-refractivity contribution is 5.74. The molecule has 1 aliphatic carbocycles. The minimum absolute atomic E-state index is 0.0185. The van der Waals surface area contributed by atoms with Crippen molar-refractivity contribution in [1.29, 1.82) is 0 Å². The van der Waals surface area contributed by atoms with Gasteiger partial charge in [-0.3, -0.25) is 4.79 Å². The highest BCUT2D eigenvalue weighted by Crippen LogP contribution is 2.49. The first kappa shape index (κ1) is 6.16. The summed E-state index contributed by atoms with van der Waals surface area (Å²) in [6.07, 6.45) is 1.06. The lowest BCUT2D eigenvalue weighted by atomic mass is 10.2. The van der Waals surface area contributed by atoms with Crippen LogP contribution in [0.2, 0.25) is 0 Å². The van der Waals surface area contributed by atoms with E-state index >= 15 is 0 Å². The summed E-state index contributed by atoms with van der Waals surface area (Å²) in [5, 5.41) is 11.9. The number of rotatable bonds is 1. The molecule has 3 heteroatoms. The van der Waals surface area contributed by atoms with Crippen molar-refractivity contribution in [1.82, 2.24) is 5.32 Å². The summed E-state index contributed by atoms with van der Waals surface area (Å²) in [6, 6.07) is 0. The number of fused-ring (bicyclic) bond motifs is 1. The highest BCUT2D eigenvalue weighted by Gasteiger charge is 2.55. The van der Waals surface area contributed by atoms with Crippen molar-refractivity contribution in [2.24, 2.45) is 17.8 Å². The molecule has 0 spiro atoms. The Morgan fingerprint density at radius 2 is 2.30 bits per heavy atom. The van der Waals surface area contributed by atoms with Crippen molar-refractivity contribution < 1.29 is 9.90 Å². The Bertz CT molecular complexity index is 157. The van der Waals surface area contributed by atoms with E-state index in [0.29, 0.717) is 11.8 Å². The zero-order chi connectivity index (χ0) is 7.14. The summed E-state index contributed by atoms with van der Waals surface area (Å²) in [6.45, 7) is 1.92.